The van der Waals surface area contributed by atoms with Gasteiger partial charge in [0.05, 0.1) is 4.90 Å². The van der Waals surface area contributed by atoms with E-state index in [1.165, 1.54) is 0 Å². The molecule has 0 aliphatic rings. The van der Waals surface area contributed by atoms with Crippen LogP contribution < -0.4 is 15.4 Å². The molecule has 0 heterocycles. The van der Waals surface area contributed by atoms with Gasteiger partial charge in [-0.2, -0.15) is 0 Å². The highest BCUT2D eigenvalue weighted by atomic mass is 32.2. The predicted octanol–water partition coefficient (Wildman–Crippen LogP) is 1.41. The largest absolute Gasteiger partial charge is 0.374 e. The van der Waals surface area contributed by atoms with Crippen molar-refractivity contribution in [2.24, 2.45) is 11.1 Å². The molecule has 0 saturated heterocycles. The summed E-state index contributed by atoms with van der Waals surface area (Å²) in [5.41, 5.74) is 6.72. The molecule has 1 aromatic rings. The number of nitrogens with zero attached hydrogens (tertiary/aromatic N) is 1. The Morgan fingerprint density at radius 1 is 1.25 bits per heavy atom. The van der Waals surface area contributed by atoms with Crippen LogP contribution in [0.4, 0.5) is 5.69 Å². The lowest BCUT2D eigenvalue weighted by Crippen LogP contribution is -2.36. The highest BCUT2D eigenvalue weighted by Crippen LogP contribution is 2.21. The zero-order chi connectivity index (χ0) is 15.4. The van der Waals surface area contributed by atoms with Gasteiger partial charge in [0.1, 0.15) is 0 Å². The topological polar surface area (TPSA) is 75.4 Å². The Kier molecular flexibility index (Phi) is 5.56. The quantitative estimate of drug-likeness (QED) is 0.798. The highest BCUT2D eigenvalue weighted by Gasteiger charge is 2.19. The van der Waals surface area contributed by atoms with Crippen LogP contribution in [0.15, 0.2) is 29.2 Å². The van der Waals surface area contributed by atoms with Crippen LogP contribution in [0.2, 0.25) is 0 Å². The van der Waals surface area contributed by atoms with Crippen molar-refractivity contribution in [3.8, 4) is 0 Å². The molecule has 5 nitrogen and oxygen atoms in total. The molecule has 114 valence electrons. The van der Waals surface area contributed by atoms with E-state index in [-0.39, 0.29) is 10.3 Å². The van der Waals surface area contributed by atoms with E-state index in [0.29, 0.717) is 13.1 Å². The Hall–Kier alpha value is -1.11. The summed E-state index contributed by atoms with van der Waals surface area (Å²) in [6.45, 7) is 7.76. The number of anilines is 1. The molecule has 0 aliphatic heterocycles. The third-order valence-electron chi connectivity index (χ3n) is 3.14. The molecular formula is C14H25N3O2S. The smallest absolute Gasteiger partial charge is 0.240 e. The molecule has 20 heavy (non-hydrogen) atoms. The second-order valence-corrected chi connectivity index (χ2v) is 7.49. The predicted molar refractivity (Wildman–Crippen MR) is 83.4 cm³/mol. The van der Waals surface area contributed by atoms with Crippen LogP contribution in [0.5, 0.6) is 0 Å². The second kappa shape index (κ2) is 6.56. The van der Waals surface area contributed by atoms with E-state index in [1.54, 1.807) is 19.1 Å². The molecule has 0 bridgehead atoms. The summed E-state index contributed by atoms with van der Waals surface area (Å²) in [4.78, 5) is 2.37. The monoisotopic (exact) mass is 299 g/mol. The van der Waals surface area contributed by atoms with Crippen molar-refractivity contribution in [1.29, 1.82) is 0 Å². The fraction of sp³-hybridized carbons (Fsp3) is 0.571. The maximum Gasteiger partial charge on any atom is 0.240 e. The second-order valence-electron chi connectivity index (χ2n) is 5.72. The van der Waals surface area contributed by atoms with E-state index in [9.17, 15) is 8.42 Å². The highest BCUT2D eigenvalue weighted by molar-refractivity contribution is 7.89. The van der Waals surface area contributed by atoms with Crippen molar-refractivity contribution < 1.29 is 8.42 Å². The van der Waals surface area contributed by atoms with Crippen LogP contribution in [-0.4, -0.2) is 35.1 Å². The minimum atomic E-state index is -3.38. The minimum Gasteiger partial charge on any atom is -0.374 e. The van der Waals surface area contributed by atoms with Crippen LogP contribution in [0.1, 0.15) is 20.8 Å². The zero-order valence-electron chi connectivity index (χ0n) is 12.7. The minimum absolute atomic E-state index is 0.0171. The summed E-state index contributed by atoms with van der Waals surface area (Å²) in [6, 6.07) is 6.88. The van der Waals surface area contributed by atoms with Gasteiger partial charge in [0.25, 0.3) is 0 Å². The normalized spacial score (nSPS) is 12.4. The van der Waals surface area contributed by atoms with E-state index >= 15 is 0 Å². The molecule has 0 atom stereocenters. The zero-order valence-corrected chi connectivity index (χ0v) is 13.5. The molecule has 0 amide bonds. The molecule has 6 heteroatoms. The lowest BCUT2D eigenvalue weighted by Gasteiger charge is -2.30. The van der Waals surface area contributed by atoms with E-state index < -0.39 is 10.0 Å². The molecule has 0 radical (unpaired) electrons. The Balaban J connectivity index is 2.87. The summed E-state index contributed by atoms with van der Waals surface area (Å²) >= 11 is 0. The first-order valence-electron chi connectivity index (χ1n) is 6.73. The summed E-state index contributed by atoms with van der Waals surface area (Å²) < 4.78 is 26.2. The van der Waals surface area contributed by atoms with Crippen LogP contribution in [0.25, 0.3) is 0 Å². The van der Waals surface area contributed by atoms with Crippen molar-refractivity contribution in [2.75, 3.05) is 31.6 Å². The van der Waals surface area contributed by atoms with Crippen molar-refractivity contribution in [3.05, 3.63) is 24.3 Å². The van der Waals surface area contributed by atoms with E-state index in [2.05, 4.69) is 23.5 Å². The van der Waals surface area contributed by atoms with Crippen LogP contribution >= 0.6 is 0 Å². The number of benzene rings is 1. The van der Waals surface area contributed by atoms with Gasteiger partial charge in [-0.05, 0) is 36.2 Å². The Bertz CT molecular complexity index is 524. The lowest BCUT2D eigenvalue weighted by molar-refractivity contribution is 0.385. The van der Waals surface area contributed by atoms with Gasteiger partial charge in [0, 0.05) is 25.8 Å². The number of hydrogen-bond acceptors (Lipinski definition) is 4. The average Bonchev–Trinajstić information content (AvgIpc) is 2.38. The number of sulfonamides is 1. The average molecular weight is 299 g/mol. The molecule has 0 aromatic heterocycles. The molecule has 1 aromatic carbocycles. The maximum atomic E-state index is 11.8. The van der Waals surface area contributed by atoms with Gasteiger partial charge >= 0.3 is 0 Å². The maximum absolute atomic E-state index is 11.8. The van der Waals surface area contributed by atoms with Gasteiger partial charge in [0.15, 0.2) is 0 Å². The Morgan fingerprint density at radius 3 is 2.25 bits per heavy atom. The van der Waals surface area contributed by atoms with Gasteiger partial charge in [-0.3, -0.25) is 0 Å². The van der Waals surface area contributed by atoms with Gasteiger partial charge in [0.2, 0.25) is 10.0 Å². The number of nitrogens with one attached hydrogen (secondary N) is 1. The lowest BCUT2D eigenvalue weighted by atomic mass is 9.93. The number of hydrogen-bond donors (Lipinski definition) is 2. The van der Waals surface area contributed by atoms with Gasteiger partial charge < -0.3 is 10.6 Å². The molecule has 0 spiro atoms. The summed E-state index contributed by atoms with van der Waals surface area (Å²) in [5, 5.41) is 0. The summed E-state index contributed by atoms with van der Waals surface area (Å²) in [5.74, 6) is 0. The SMILES string of the molecule is CCNS(=O)(=O)c1ccc(N(C)CC(C)(C)CN)cc1. The van der Waals surface area contributed by atoms with Crippen molar-refractivity contribution >= 4 is 15.7 Å². The Labute approximate surface area is 122 Å². The molecule has 1 rings (SSSR count). The van der Waals surface area contributed by atoms with Crippen LogP contribution in [0.3, 0.4) is 0 Å². The first-order valence-corrected chi connectivity index (χ1v) is 8.21. The molecular weight excluding hydrogens is 274 g/mol. The first-order chi connectivity index (χ1) is 9.22. The van der Waals surface area contributed by atoms with E-state index in [4.69, 9.17) is 5.73 Å². The van der Waals surface area contributed by atoms with Gasteiger partial charge in [-0.25, -0.2) is 13.1 Å². The molecule has 3 N–H and O–H groups in total. The van der Waals surface area contributed by atoms with Gasteiger partial charge in [-0.15, -0.1) is 0 Å². The first kappa shape index (κ1) is 16.9. The molecule has 0 saturated carbocycles. The Morgan fingerprint density at radius 2 is 1.80 bits per heavy atom. The molecule has 0 fully saturated rings. The summed E-state index contributed by atoms with van der Waals surface area (Å²) in [6.07, 6.45) is 0. The van der Waals surface area contributed by atoms with Crippen LogP contribution in [-0.2, 0) is 10.0 Å². The standard InChI is InChI=1S/C14H25N3O2S/c1-5-16-20(18,19)13-8-6-12(7-9-13)17(4)11-14(2,3)10-15/h6-9,16H,5,10-11,15H2,1-4H3. The van der Waals surface area contributed by atoms with Crippen molar-refractivity contribution in [1.82, 2.24) is 4.72 Å². The van der Waals surface area contributed by atoms with Crippen molar-refractivity contribution in [2.45, 2.75) is 25.7 Å². The number of nitrogens with two attached hydrogens (primary N) is 1. The van der Waals surface area contributed by atoms with E-state index in [1.807, 2.05) is 19.2 Å². The fourth-order valence-corrected chi connectivity index (χ4v) is 2.99. The van der Waals surface area contributed by atoms with E-state index in [0.717, 1.165) is 12.2 Å². The fourth-order valence-electron chi connectivity index (χ4n) is 1.95. The third kappa shape index (κ3) is 4.47. The summed E-state index contributed by atoms with van der Waals surface area (Å²) in [7, 11) is -1.40. The molecule has 0 aliphatic carbocycles. The van der Waals surface area contributed by atoms with Gasteiger partial charge in [-0.1, -0.05) is 20.8 Å². The third-order valence-corrected chi connectivity index (χ3v) is 4.70. The van der Waals surface area contributed by atoms with Crippen molar-refractivity contribution in [3.63, 3.8) is 0 Å². The van der Waals surface area contributed by atoms with Crippen LogP contribution in [0, 0.1) is 5.41 Å². The number of rotatable bonds is 7. The molecule has 0 unspecified atom stereocenters.